The first-order valence-corrected chi connectivity index (χ1v) is 10.6. The number of aryl methyl sites for hydroxylation is 2. The van der Waals surface area contributed by atoms with E-state index in [1.54, 1.807) is 7.11 Å². The molecule has 0 spiro atoms. The van der Waals surface area contributed by atoms with Gasteiger partial charge in [0.1, 0.15) is 11.6 Å². The number of hydrogen-bond acceptors (Lipinski definition) is 6. The van der Waals surface area contributed by atoms with E-state index in [9.17, 15) is 4.79 Å². The van der Waals surface area contributed by atoms with Crippen molar-refractivity contribution in [2.45, 2.75) is 26.7 Å². The van der Waals surface area contributed by atoms with Crippen LogP contribution in [0.3, 0.4) is 0 Å². The van der Waals surface area contributed by atoms with Crippen molar-refractivity contribution >= 4 is 23.5 Å². The zero-order valence-corrected chi connectivity index (χ0v) is 18.0. The third-order valence-corrected chi connectivity index (χ3v) is 5.78. The Morgan fingerprint density at radius 2 is 1.70 bits per heavy atom. The number of nitrogens with one attached hydrogen (secondary N) is 1. The van der Waals surface area contributed by atoms with Gasteiger partial charge in [0.05, 0.1) is 7.11 Å². The van der Waals surface area contributed by atoms with Crippen LogP contribution in [0.15, 0.2) is 24.3 Å². The van der Waals surface area contributed by atoms with Crippen LogP contribution in [0.1, 0.15) is 24.1 Å². The number of nitrogens with zero attached hydrogens (tertiary/aromatic N) is 5. The molecule has 3 heterocycles. The molecule has 30 heavy (non-hydrogen) atoms. The molecule has 0 saturated carbocycles. The minimum Gasteiger partial charge on any atom is -0.497 e. The second-order valence-corrected chi connectivity index (χ2v) is 7.95. The molecule has 2 fully saturated rings. The molecule has 160 valence electrons. The van der Waals surface area contributed by atoms with E-state index in [2.05, 4.69) is 26.2 Å². The van der Waals surface area contributed by atoms with E-state index in [-0.39, 0.29) is 6.03 Å². The smallest absolute Gasteiger partial charge is 0.321 e. The van der Waals surface area contributed by atoms with Crippen molar-refractivity contribution in [2.24, 2.45) is 0 Å². The quantitative estimate of drug-likeness (QED) is 0.835. The largest absolute Gasteiger partial charge is 0.497 e. The van der Waals surface area contributed by atoms with E-state index < -0.39 is 0 Å². The number of methoxy groups -OCH3 is 1. The molecule has 2 aliphatic rings. The molecule has 2 saturated heterocycles. The van der Waals surface area contributed by atoms with E-state index in [0.717, 1.165) is 60.6 Å². The van der Waals surface area contributed by atoms with E-state index in [0.29, 0.717) is 13.1 Å². The second-order valence-electron chi connectivity index (χ2n) is 7.95. The van der Waals surface area contributed by atoms with Crippen LogP contribution in [0.25, 0.3) is 0 Å². The molecule has 4 rings (SSSR count). The first kappa shape index (κ1) is 20.3. The maximum atomic E-state index is 12.7. The van der Waals surface area contributed by atoms with Crippen molar-refractivity contribution in [3.8, 4) is 5.75 Å². The summed E-state index contributed by atoms with van der Waals surface area (Å²) in [5, 5.41) is 3.02. The minimum atomic E-state index is -0.0779. The average molecular weight is 411 g/mol. The lowest BCUT2D eigenvalue weighted by Gasteiger charge is -2.35. The molecule has 1 aromatic heterocycles. The summed E-state index contributed by atoms with van der Waals surface area (Å²) in [6, 6.07) is 7.64. The van der Waals surface area contributed by atoms with Crippen LogP contribution >= 0.6 is 0 Å². The molecule has 8 nitrogen and oxygen atoms in total. The number of urea groups is 1. The number of rotatable bonds is 4. The van der Waals surface area contributed by atoms with Crippen LogP contribution in [0.2, 0.25) is 0 Å². The lowest BCUT2D eigenvalue weighted by atomic mass is 10.2. The van der Waals surface area contributed by atoms with E-state index in [1.165, 1.54) is 12.8 Å². The number of benzene rings is 1. The van der Waals surface area contributed by atoms with Gasteiger partial charge in [0.15, 0.2) is 0 Å². The highest BCUT2D eigenvalue weighted by Crippen LogP contribution is 2.23. The van der Waals surface area contributed by atoms with Crippen LogP contribution in [-0.2, 0) is 0 Å². The molecular weight excluding hydrogens is 380 g/mol. The van der Waals surface area contributed by atoms with Crippen molar-refractivity contribution < 1.29 is 9.53 Å². The molecule has 8 heteroatoms. The Hall–Kier alpha value is -3.03. The van der Waals surface area contributed by atoms with Gasteiger partial charge < -0.3 is 24.8 Å². The fourth-order valence-corrected chi connectivity index (χ4v) is 3.99. The second kappa shape index (κ2) is 8.77. The van der Waals surface area contributed by atoms with Crippen LogP contribution < -0.4 is 19.9 Å². The molecule has 0 atom stereocenters. The SMILES string of the molecule is COc1ccc(NC(=O)N2CCN(c3nc(C)cc(N4CCCC4)n3)CC2)c(C)c1. The maximum Gasteiger partial charge on any atom is 0.321 e. The normalized spacial score (nSPS) is 16.7. The number of ether oxygens (including phenoxy) is 1. The summed E-state index contributed by atoms with van der Waals surface area (Å²) in [5.41, 5.74) is 2.77. The lowest BCUT2D eigenvalue weighted by molar-refractivity contribution is 0.208. The molecule has 0 unspecified atom stereocenters. The fraction of sp³-hybridized carbons (Fsp3) is 0.500. The Morgan fingerprint density at radius 1 is 0.967 bits per heavy atom. The Kier molecular flexibility index (Phi) is 5.92. The Bertz CT molecular complexity index is 904. The van der Waals surface area contributed by atoms with Crippen molar-refractivity contribution in [2.75, 3.05) is 61.5 Å². The van der Waals surface area contributed by atoms with Gasteiger partial charge in [-0.1, -0.05) is 0 Å². The van der Waals surface area contributed by atoms with Gasteiger partial charge in [-0.3, -0.25) is 0 Å². The van der Waals surface area contributed by atoms with Crippen LogP contribution in [0.4, 0.5) is 22.2 Å². The van der Waals surface area contributed by atoms with Crippen molar-refractivity contribution in [1.82, 2.24) is 14.9 Å². The van der Waals surface area contributed by atoms with Crippen LogP contribution in [0.5, 0.6) is 5.75 Å². The predicted octanol–water partition coefficient (Wildman–Crippen LogP) is 3.06. The van der Waals surface area contributed by atoms with Gasteiger partial charge in [-0.15, -0.1) is 0 Å². The zero-order chi connectivity index (χ0) is 21.1. The fourth-order valence-electron chi connectivity index (χ4n) is 3.99. The number of amides is 2. The number of carbonyl (C=O) groups excluding carboxylic acids is 1. The highest BCUT2D eigenvalue weighted by Gasteiger charge is 2.24. The highest BCUT2D eigenvalue weighted by atomic mass is 16.5. The summed E-state index contributed by atoms with van der Waals surface area (Å²) in [4.78, 5) is 28.5. The van der Waals surface area contributed by atoms with Crippen molar-refractivity contribution in [3.63, 3.8) is 0 Å². The topological polar surface area (TPSA) is 73.8 Å². The number of carbonyl (C=O) groups is 1. The number of anilines is 3. The lowest BCUT2D eigenvalue weighted by Crippen LogP contribution is -2.50. The Balaban J connectivity index is 1.37. The van der Waals surface area contributed by atoms with Gasteiger partial charge in [-0.2, -0.15) is 4.98 Å². The first-order chi connectivity index (χ1) is 14.5. The predicted molar refractivity (Wildman–Crippen MR) is 119 cm³/mol. The average Bonchev–Trinajstić information content (AvgIpc) is 3.30. The van der Waals surface area contributed by atoms with Gasteiger partial charge in [-0.25, -0.2) is 9.78 Å². The van der Waals surface area contributed by atoms with Crippen LogP contribution in [-0.4, -0.2) is 67.3 Å². The molecule has 0 bridgehead atoms. The molecule has 2 amide bonds. The number of aromatic nitrogens is 2. The summed E-state index contributed by atoms with van der Waals surface area (Å²) >= 11 is 0. The van der Waals surface area contributed by atoms with E-state index in [4.69, 9.17) is 9.72 Å². The van der Waals surface area contributed by atoms with Gasteiger partial charge in [0.25, 0.3) is 0 Å². The van der Waals surface area contributed by atoms with Crippen LogP contribution in [0, 0.1) is 13.8 Å². The van der Waals surface area contributed by atoms with Gasteiger partial charge in [-0.05, 0) is 50.5 Å². The van der Waals surface area contributed by atoms with Gasteiger partial charge >= 0.3 is 6.03 Å². The molecular formula is C22H30N6O2. The van der Waals surface area contributed by atoms with Crippen molar-refractivity contribution in [1.29, 1.82) is 0 Å². The first-order valence-electron chi connectivity index (χ1n) is 10.6. The van der Waals surface area contributed by atoms with Gasteiger partial charge in [0.2, 0.25) is 5.95 Å². The third kappa shape index (κ3) is 4.42. The molecule has 2 aromatic rings. The zero-order valence-electron chi connectivity index (χ0n) is 18.0. The minimum absolute atomic E-state index is 0.0779. The van der Waals surface area contributed by atoms with Gasteiger partial charge in [0, 0.05) is 56.7 Å². The standard InChI is InChI=1S/C22H30N6O2/c1-16-14-18(30-3)6-7-19(16)24-22(29)28-12-10-27(11-13-28)21-23-17(2)15-20(25-21)26-8-4-5-9-26/h6-7,14-15H,4-5,8-13H2,1-3H3,(H,24,29). The highest BCUT2D eigenvalue weighted by molar-refractivity contribution is 5.90. The molecule has 0 aliphatic carbocycles. The number of piperazine rings is 1. The monoisotopic (exact) mass is 410 g/mol. The molecule has 0 radical (unpaired) electrons. The summed E-state index contributed by atoms with van der Waals surface area (Å²) in [7, 11) is 1.64. The summed E-state index contributed by atoms with van der Waals surface area (Å²) < 4.78 is 5.23. The number of hydrogen-bond donors (Lipinski definition) is 1. The summed E-state index contributed by atoms with van der Waals surface area (Å²) in [6.07, 6.45) is 2.44. The van der Waals surface area contributed by atoms with E-state index >= 15 is 0 Å². The Labute approximate surface area is 177 Å². The van der Waals surface area contributed by atoms with Crippen molar-refractivity contribution in [3.05, 3.63) is 35.5 Å². The maximum absolute atomic E-state index is 12.7. The third-order valence-electron chi connectivity index (χ3n) is 5.78. The summed E-state index contributed by atoms with van der Waals surface area (Å²) in [5.74, 6) is 2.57. The molecule has 2 aliphatic heterocycles. The van der Waals surface area contributed by atoms with E-state index in [1.807, 2.05) is 36.9 Å². The molecule has 1 aromatic carbocycles. The Morgan fingerprint density at radius 3 is 2.37 bits per heavy atom. The molecule has 1 N–H and O–H groups in total. The summed E-state index contributed by atoms with van der Waals surface area (Å²) in [6.45, 7) is 8.82.